The van der Waals surface area contributed by atoms with Crippen LogP contribution >= 0.6 is 0 Å². The van der Waals surface area contributed by atoms with Gasteiger partial charge in [0, 0.05) is 26.2 Å². The maximum absolute atomic E-state index is 11.7. The van der Waals surface area contributed by atoms with E-state index in [0.29, 0.717) is 0 Å². The molecular formula is C12H23N3O2. The van der Waals surface area contributed by atoms with Gasteiger partial charge in [-0.05, 0) is 25.9 Å². The monoisotopic (exact) mass is 241 g/mol. The number of hydrogen-bond donors (Lipinski definition) is 2. The first-order valence-corrected chi connectivity index (χ1v) is 6.65. The van der Waals surface area contributed by atoms with Crippen molar-refractivity contribution in [1.29, 1.82) is 0 Å². The smallest absolute Gasteiger partial charge is 0.224 e. The highest BCUT2D eigenvalue weighted by atomic mass is 16.5. The number of hydrogen-bond acceptors (Lipinski definition) is 4. The molecule has 1 unspecified atom stereocenters. The third kappa shape index (κ3) is 4.26. The summed E-state index contributed by atoms with van der Waals surface area (Å²) in [6.07, 6.45) is 2.02. The Bertz CT molecular complexity index is 236. The summed E-state index contributed by atoms with van der Waals surface area (Å²) >= 11 is 0. The molecule has 2 N–H and O–H groups in total. The molecule has 2 saturated heterocycles. The van der Waals surface area contributed by atoms with E-state index < -0.39 is 0 Å². The van der Waals surface area contributed by atoms with E-state index in [1.165, 1.54) is 0 Å². The summed E-state index contributed by atoms with van der Waals surface area (Å²) < 4.78 is 5.29. The van der Waals surface area contributed by atoms with E-state index in [9.17, 15) is 4.79 Å². The number of amides is 1. The molecule has 17 heavy (non-hydrogen) atoms. The van der Waals surface area contributed by atoms with Gasteiger partial charge < -0.3 is 15.4 Å². The first-order valence-electron chi connectivity index (χ1n) is 6.65. The Morgan fingerprint density at radius 1 is 1.41 bits per heavy atom. The zero-order valence-corrected chi connectivity index (χ0v) is 10.4. The van der Waals surface area contributed by atoms with Crippen molar-refractivity contribution in [2.45, 2.75) is 12.8 Å². The molecule has 0 aromatic heterocycles. The van der Waals surface area contributed by atoms with Crippen molar-refractivity contribution in [3.8, 4) is 0 Å². The average Bonchev–Trinajstić information content (AvgIpc) is 2.89. The van der Waals surface area contributed by atoms with Crippen LogP contribution in [0.2, 0.25) is 0 Å². The number of nitrogens with zero attached hydrogens (tertiary/aromatic N) is 1. The number of ether oxygens (including phenoxy) is 1. The van der Waals surface area contributed by atoms with E-state index in [1.807, 2.05) is 0 Å². The molecule has 0 spiro atoms. The van der Waals surface area contributed by atoms with Crippen LogP contribution in [0.3, 0.4) is 0 Å². The normalized spacial score (nSPS) is 26.0. The molecule has 2 aliphatic rings. The zero-order chi connectivity index (χ0) is 11.9. The minimum atomic E-state index is 0.193. The summed E-state index contributed by atoms with van der Waals surface area (Å²) in [6, 6.07) is 0. The summed E-state index contributed by atoms with van der Waals surface area (Å²) in [4.78, 5) is 14.1. The summed E-state index contributed by atoms with van der Waals surface area (Å²) in [5.74, 6) is 0.412. The lowest BCUT2D eigenvalue weighted by molar-refractivity contribution is -0.124. The number of morpholine rings is 1. The summed E-state index contributed by atoms with van der Waals surface area (Å²) in [7, 11) is 0. The van der Waals surface area contributed by atoms with Crippen LogP contribution in [-0.4, -0.2) is 63.3 Å². The van der Waals surface area contributed by atoms with Gasteiger partial charge in [-0.25, -0.2) is 0 Å². The maximum atomic E-state index is 11.7. The molecule has 5 nitrogen and oxygen atoms in total. The largest absolute Gasteiger partial charge is 0.379 e. The number of carbonyl (C=O) groups is 1. The van der Waals surface area contributed by atoms with Gasteiger partial charge >= 0.3 is 0 Å². The van der Waals surface area contributed by atoms with Gasteiger partial charge in [-0.2, -0.15) is 0 Å². The molecule has 0 bridgehead atoms. The van der Waals surface area contributed by atoms with Gasteiger partial charge in [0.25, 0.3) is 0 Å². The fourth-order valence-corrected chi connectivity index (χ4v) is 2.36. The Morgan fingerprint density at radius 2 is 2.24 bits per heavy atom. The predicted octanol–water partition coefficient (Wildman–Crippen LogP) is -0.566. The summed E-state index contributed by atoms with van der Waals surface area (Å²) in [5, 5.41) is 6.24. The Hall–Kier alpha value is -0.650. The average molecular weight is 241 g/mol. The molecule has 98 valence electrons. The molecule has 2 rings (SSSR count). The fraction of sp³-hybridized carbons (Fsp3) is 0.917. The molecule has 2 fully saturated rings. The molecule has 1 amide bonds. The van der Waals surface area contributed by atoms with E-state index in [4.69, 9.17) is 4.74 Å². The molecule has 0 aromatic carbocycles. The fourth-order valence-electron chi connectivity index (χ4n) is 2.36. The Morgan fingerprint density at radius 3 is 2.94 bits per heavy atom. The lowest BCUT2D eigenvalue weighted by Crippen LogP contribution is -2.39. The Kier molecular flexibility index (Phi) is 5.22. The second-order valence-corrected chi connectivity index (χ2v) is 4.79. The number of carbonyl (C=O) groups excluding carboxylic acids is 1. The van der Waals surface area contributed by atoms with Gasteiger partial charge in [0.05, 0.1) is 19.1 Å². The van der Waals surface area contributed by atoms with Crippen LogP contribution in [0, 0.1) is 5.92 Å². The van der Waals surface area contributed by atoms with E-state index >= 15 is 0 Å². The molecule has 0 aliphatic carbocycles. The minimum Gasteiger partial charge on any atom is -0.379 e. The maximum Gasteiger partial charge on any atom is 0.224 e. The minimum absolute atomic E-state index is 0.193. The topological polar surface area (TPSA) is 53.6 Å². The first-order chi connectivity index (χ1) is 8.36. The Labute approximate surface area is 103 Å². The van der Waals surface area contributed by atoms with Crippen LogP contribution in [0.5, 0.6) is 0 Å². The third-order valence-electron chi connectivity index (χ3n) is 3.49. The quantitative estimate of drug-likeness (QED) is 0.633. The van der Waals surface area contributed by atoms with Crippen LogP contribution in [0.25, 0.3) is 0 Å². The Balaban J connectivity index is 1.51. The van der Waals surface area contributed by atoms with Gasteiger partial charge in [-0.15, -0.1) is 0 Å². The number of nitrogens with one attached hydrogen (secondary N) is 2. The molecule has 0 radical (unpaired) electrons. The second kappa shape index (κ2) is 6.93. The first kappa shape index (κ1) is 12.8. The van der Waals surface area contributed by atoms with Gasteiger partial charge in [0.2, 0.25) is 5.91 Å². The van der Waals surface area contributed by atoms with Gasteiger partial charge in [0.15, 0.2) is 0 Å². The van der Waals surface area contributed by atoms with Crippen molar-refractivity contribution in [2.24, 2.45) is 5.92 Å². The molecule has 5 heteroatoms. The van der Waals surface area contributed by atoms with Crippen LogP contribution < -0.4 is 10.6 Å². The van der Waals surface area contributed by atoms with Crippen molar-refractivity contribution >= 4 is 5.91 Å². The predicted molar refractivity (Wildman–Crippen MR) is 65.9 cm³/mol. The van der Waals surface area contributed by atoms with E-state index in [0.717, 1.165) is 65.3 Å². The lowest BCUT2D eigenvalue weighted by atomic mass is 10.1. The second-order valence-electron chi connectivity index (χ2n) is 4.79. The van der Waals surface area contributed by atoms with Crippen LogP contribution in [0.15, 0.2) is 0 Å². The highest BCUT2D eigenvalue weighted by Gasteiger charge is 2.21. The zero-order valence-electron chi connectivity index (χ0n) is 10.4. The van der Waals surface area contributed by atoms with Crippen molar-refractivity contribution in [2.75, 3.05) is 52.5 Å². The molecule has 1 atom stereocenters. The van der Waals surface area contributed by atoms with Gasteiger partial charge in [-0.3, -0.25) is 9.69 Å². The summed E-state index contributed by atoms with van der Waals surface area (Å²) in [5.41, 5.74) is 0. The van der Waals surface area contributed by atoms with Crippen molar-refractivity contribution in [1.82, 2.24) is 15.5 Å². The van der Waals surface area contributed by atoms with Crippen molar-refractivity contribution in [3.63, 3.8) is 0 Å². The van der Waals surface area contributed by atoms with E-state index in [-0.39, 0.29) is 11.8 Å². The molecular weight excluding hydrogens is 218 g/mol. The van der Waals surface area contributed by atoms with Crippen molar-refractivity contribution < 1.29 is 9.53 Å². The standard InChI is InChI=1S/C12H23N3O2/c16-12(11-2-4-13-10-11)14-3-1-5-15-6-8-17-9-7-15/h11,13H,1-10H2,(H,14,16). The van der Waals surface area contributed by atoms with Gasteiger partial charge in [0.1, 0.15) is 0 Å². The van der Waals surface area contributed by atoms with Crippen LogP contribution in [0.4, 0.5) is 0 Å². The lowest BCUT2D eigenvalue weighted by Gasteiger charge is -2.26. The molecule has 2 heterocycles. The van der Waals surface area contributed by atoms with E-state index in [1.54, 1.807) is 0 Å². The molecule has 2 aliphatic heterocycles. The van der Waals surface area contributed by atoms with Crippen LogP contribution in [0.1, 0.15) is 12.8 Å². The number of rotatable bonds is 5. The third-order valence-corrected chi connectivity index (χ3v) is 3.49. The SMILES string of the molecule is O=C(NCCCN1CCOCC1)C1CCNC1. The highest BCUT2D eigenvalue weighted by molar-refractivity contribution is 5.79. The van der Waals surface area contributed by atoms with Crippen LogP contribution in [-0.2, 0) is 9.53 Å². The van der Waals surface area contributed by atoms with Gasteiger partial charge in [-0.1, -0.05) is 0 Å². The van der Waals surface area contributed by atoms with Crippen molar-refractivity contribution in [3.05, 3.63) is 0 Å². The molecule has 0 saturated carbocycles. The summed E-state index contributed by atoms with van der Waals surface area (Å²) in [6.45, 7) is 7.43. The highest BCUT2D eigenvalue weighted by Crippen LogP contribution is 2.06. The van der Waals surface area contributed by atoms with E-state index in [2.05, 4.69) is 15.5 Å². The molecule has 0 aromatic rings.